The second-order valence-electron chi connectivity index (χ2n) is 6.56. The maximum Gasteiger partial charge on any atom is 0.131 e. The van der Waals surface area contributed by atoms with Crippen LogP contribution in [0, 0.1) is 0 Å². The first-order valence-corrected chi connectivity index (χ1v) is 10.5. The molecule has 1 atom stereocenters. The van der Waals surface area contributed by atoms with Crippen LogP contribution in [0.4, 0.5) is 11.4 Å². The lowest BCUT2D eigenvalue weighted by Gasteiger charge is -2.14. The number of nitrogens with one attached hydrogen (secondary N) is 2. The fourth-order valence-electron chi connectivity index (χ4n) is 2.93. The van der Waals surface area contributed by atoms with Gasteiger partial charge in [-0.25, -0.2) is 0 Å². The molecule has 146 valence electrons. The molecule has 0 saturated carbocycles. The van der Waals surface area contributed by atoms with Gasteiger partial charge in [0.2, 0.25) is 0 Å². The summed E-state index contributed by atoms with van der Waals surface area (Å²) in [7, 11) is 0. The molecule has 1 unspecified atom stereocenters. The van der Waals surface area contributed by atoms with Crippen molar-refractivity contribution >= 4 is 23.1 Å². The predicted molar refractivity (Wildman–Crippen MR) is 117 cm³/mol. The van der Waals surface area contributed by atoms with Gasteiger partial charge in [0.1, 0.15) is 6.23 Å². The van der Waals surface area contributed by atoms with Gasteiger partial charge in [-0.15, -0.1) is 11.8 Å². The molecule has 0 aliphatic heterocycles. The smallest absolute Gasteiger partial charge is 0.131 e. The van der Waals surface area contributed by atoms with Crippen molar-refractivity contribution in [1.82, 2.24) is 5.32 Å². The van der Waals surface area contributed by atoms with Crippen molar-refractivity contribution in [2.75, 3.05) is 18.1 Å². The molecular formula is C23H26N2O2S. The van der Waals surface area contributed by atoms with Crippen LogP contribution in [0.2, 0.25) is 0 Å². The maximum absolute atomic E-state index is 10.3. The Bertz CT molecular complexity index is 867. The molecule has 3 aromatic carbocycles. The minimum Gasteiger partial charge on any atom is -0.392 e. The van der Waals surface area contributed by atoms with E-state index in [4.69, 9.17) is 0 Å². The molecule has 0 aliphatic rings. The minimum atomic E-state index is -0.739. The van der Waals surface area contributed by atoms with Crippen molar-refractivity contribution < 1.29 is 10.2 Å². The van der Waals surface area contributed by atoms with Crippen LogP contribution in [0.1, 0.15) is 22.9 Å². The quantitative estimate of drug-likeness (QED) is 0.319. The Morgan fingerprint density at radius 1 is 0.893 bits per heavy atom. The summed E-state index contributed by atoms with van der Waals surface area (Å²) in [5.41, 5.74) is 4.88. The summed E-state index contributed by atoms with van der Waals surface area (Å²) >= 11 is 1.73. The Labute approximate surface area is 170 Å². The van der Waals surface area contributed by atoms with Gasteiger partial charge in [0.05, 0.1) is 6.61 Å². The topological polar surface area (TPSA) is 64.5 Å². The molecule has 0 saturated heterocycles. The summed E-state index contributed by atoms with van der Waals surface area (Å²) in [4.78, 5) is 1.25. The Hall–Kier alpha value is -2.31. The van der Waals surface area contributed by atoms with Crippen LogP contribution in [-0.4, -0.2) is 23.0 Å². The lowest BCUT2D eigenvalue weighted by atomic mass is 10.1. The number of benzene rings is 3. The molecule has 4 N–H and O–H groups in total. The molecule has 0 heterocycles. The molecule has 3 aromatic rings. The molecule has 5 heteroatoms. The average Bonchev–Trinajstić information content (AvgIpc) is 2.75. The van der Waals surface area contributed by atoms with E-state index in [9.17, 15) is 10.2 Å². The van der Waals surface area contributed by atoms with E-state index < -0.39 is 6.23 Å². The Morgan fingerprint density at radius 2 is 1.57 bits per heavy atom. The number of aliphatic hydroxyl groups excluding tert-OH is 2. The summed E-state index contributed by atoms with van der Waals surface area (Å²) in [6.07, 6.45) is 2.15. The van der Waals surface area contributed by atoms with Gasteiger partial charge in [0.25, 0.3) is 0 Å². The SMILES string of the molecule is CSc1ccc(Nc2ccc(CCNC(O)c3cccc(CO)c3)cc2)cc1. The van der Waals surface area contributed by atoms with Crippen molar-refractivity contribution in [3.63, 3.8) is 0 Å². The second-order valence-corrected chi connectivity index (χ2v) is 7.44. The lowest BCUT2D eigenvalue weighted by Crippen LogP contribution is -2.23. The van der Waals surface area contributed by atoms with Crippen LogP contribution in [0.25, 0.3) is 0 Å². The average molecular weight is 395 g/mol. The molecule has 0 aliphatic carbocycles. The number of anilines is 2. The largest absolute Gasteiger partial charge is 0.392 e. The molecule has 4 nitrogen and oxygen atoms in total. The maximum atomic E-state index is 10.3. The number of aliphatic hydroxyl groups is 2. The highest BCUT2D eigenvalue weighted by molar-refractivity contribution is 7.98. The third-order valence-corrected chi connectivity index (χ3v) is 5.28. The predicted octanol–water partition coefficient (Wildman–Crippen LogP) is 4.47. The van der Waals surface area contributed by atoms with Gasteiger partial charge < -0.3 is 15.5 Å². The zero-order chi connectivity index (χ0) is 19.8. The molecule has 0 amide bonds. The summed E-state index contributed by atoms with van der Waals surface area (Å²) in [5.74, 6) is 0. The standard InChI is InChI=1S/C23H26N2O2S/c1-28-22-11-9-21(10-12-22)25-20-7-5-17(6-8-20)13-14-24-23(27)19-4-2-3-18(15-19)16-26/h2-12,15,23-27H,13-14,16H2,1H3. The van der Waals surface area contributed by atoms with Crippen LogP contribution in [0.5, 0.6) is 0 Å². The van der Waals surface area contributed by atoms with Gasteiger partial charge in [-0.3, -0.25) is 5.32 Å². The second kappa shape index (κ2) is 10.3. The first kappa shape index (κ1) is 20.4. The van der Waals surface area contributed by atoms with Gasteiger partial charge in [-0.2, -0.15) is 0 Å². The Balaban J connectivity index is 1.48. The van der Waals surface area contributed by atoms with Crippen molar-refractivity contribution in [1.29, 1.82) is 0 Å². The van der Waals surface area contributed by atoms with Crippen molar-refractivity contribution in [2.24, 2.45) is 0 Å². The summed E-state index contributed by atoms with van der Waals surface area (Å²) in [6.45, 7) is 0.635. The van der Waals surface area contributed by atoms with Crippen LogP contribution < -0.4 is 10.6 Å². The molecule has 0 bridgehead atoms. The van der Waals surface area contributed by atoms with E-state index in [2.05, 4.69) is 65.4 Å². The first-order valence-electron chi connectivity index (χ1n) is 9.29. The molecular weight excluding hydrogens is 368 g/mol. The van der Waals surface area contributed by atoms with Gasteiger partial charge in [-0.1, -0.05) is 30.3 Å². The van der Waals surface area contributed by atoms with Gasteiger partial charge in [0.15, 0.2) is 0 Å². The monoisotopic (exact) mass is 394 g/mol. The van der Waals surface area contributed by atoms with E-state index in [0.717, 1.165) is 28.9 Å². The number of rotatable bonds is 9. The zero-order valence-corrected chi connectivity index (χ0v) is 16.7. The van der Waals surface area contributed by atoms with Crippen molar-refractivity contribution in [2.45, 2.75) is 24.2 Å². The molecule has 0 spiro atoms. The summed E-state index contributed by atoms with van der Waals surface area (Å²) < 4.78 is 0. The number of hydrogen-bond donors (Lipinski definition) is 4. The molecule has 0 fully saturated rings. The highest BCUT2D eigenvalue weighted by atomic mass is 32.2. The highest BCUT2D eigenvalue weighted by Crippen LogP contribution is 2.21. The van der Waals surface area contributed by atoms with Crippen LogP contribution >= 0.6 is 11.8 Å². The van der Waals surface area contributed by atoms with E-state index >= 15 is 0 Å². The first-order chi connectivity index (χ1) is 13.7. The van der Waals surface area contributed by atoms with Crippen molar-refractivity contribution in [3.8, 4) is 0 Å². The molecule has 0 radical (unpaired) electrons. The molecule has 3 rings (SSSR count). The van der Waals surface area contributed by atoms with Crippen LogP contribution in [0.3, 0.4) is 0 Å². The molecule has 0 aromatic heterocycles. The number of hydrogen-bond acceptors (Lipinski definition) is 5. The highest BCUT2D eigenvalue weighted by Gasteiger charge is 2.07. The van der Waals surface area contributed by atoms with Gasteiger partial charge in [-0.05, 0) is 71.8 Å². The Kier molecular flexibility index (Phi) is 7.51. The number of thioether (sulfide) groups is 1. The Morgan fingerprint density at radius 3 is 2.21 bits per heavy atom. The van der Waals surface area contributed by atoms with Crippen LogP contribution in [0.15, 0.2) is 77.7 Å². The van der Waals surface area contributed by atoms with E-state index in [0.29, 0.717) is 6.54 Å². The van der Waals surface area contributed by atoms with Gasteiger partial charge in [0, 0.05) is 22.8 Å². The minimum absolute atomic E-state index is 0.0251. The summed E-state index contributed by atoms with van der Waals surface area (Å²) in [6, 6.07) is 24.0. The fourth-order valence-corrected chi connectivity index (χ4v) is 3.34. The van der Waals surface area contributed by atoms with Gasteiger partial charge >= 0.3 is 0 Å². The zero-order valence-electron chi connectivity index (χ0n) is 15.9. The van der Waals surface area contributed by atoms with E-state index in [-0.39, 0.29) is 6.61 Å². The lowest BCUT2D eigenvalue weighted by molar-refractivity contribution is 0.139. The van der Waals surface area contributed by atoms with Crippen molar-refractivity contribution in [3.05, 3.63) is 89.5 Å². The fraction of sp³-hybridized carbons (Fsp3) is 0.217. The molecule has 28 heavy (non-hydrogen) atoms. The van der Waals surface area contributed by atoms with Crippen LogP contribution in [-0.2, 0) is 13.0 Å². The normalized spacial score (nSPS) is 12.0. The third kappa shape index (κ3) is 5.84. The van der Waals surface area contributed by atoms with E-state index in [1.165, 1.54) is 10.5 Å². The summed E-state index contributed by atoms with van der Waals surface area (Å²) in [5, 5.41) is 26.0. The third-order valence-electron chi connectivity index (χ3n) is 4.53. The van der Waals surface area contributed by atoms with E-state index in [1.807, 2.05) is 24.3 Å². The van der Waals surface area contributed by atoms with E-state index in [1.54, 1.807) is 11.8 Å².